The fourth-order valence-electron chi connectivity index (χ4n) is 2.53. The van der Waals surface area contributed by atoms with Crippen LogP contribution in [-0.4, -0.2) is 44.0 Å². The summed E-state index contributed by atoms with van der Waals surface area (Å²) in [4.78, 5) is 4.45. The van der Waals surface area contributed by atoms with Crippen LogP contribution in [0, 0.1) is 0 Å². The molecule has 0 aromatic heterocycles. The third-order valence-corrected chi connectivity index (χ3v) is 3.57. The van der Waals surface area contributed by atoms with Crippen LogP contribution in [0.3, 0.4) is 0 Å². The van der Waals surface area contributed by atoms with Crippen LogP contribution < -0.4 is 0 Å². The Morgan fingerprint density at radius 2 is 2.11 bits per heavy atom. The van der Waals surface area contributed by atoms with Gasteiger partial charge in [0, 0.05) is 19.6 Å². The molecule has 0 unspecified atom stereocenters. The van der Waals surface area contributed by atoms with Crippen molar-refractivity contribution in [2.24, 2.45) is 0 Å². The molecule has 0 fully saturated rings. The molecular weight excluding hydrogens is 239 g/mol. The van der Waals surface area contributed by atoms with E-state index in [2.05, 4.69) is 43.1 Å². The molecule has 0 amide bonds. The van der Waals surface area contributed by atoms with Gasteiger partial charge in [-0.25, -0.2) is 4.39 Å². The zero-order valence-corrected chi connectivity index (χ0v) is 12.1. The predicted octanol–water partition coefficient (Wildman–Crippen LogP) is 2.94. The maximum Gasteiger partial charge on any atom is 0.115 e. The van der Waals surface area contributed by atoms with Crippen molar-refractivity contribution >= 4 is 5.57 Å². The van der Waals surface area contributed by atoms with Crippen LogP contribution >= 0.6 is 0 Å². The first-order chi connectivity index (χ1) is 9.10. The van der Waals surface area contributed by atoms with Crippen LogP contribution in [0.5, 0.6) is 0 Å². The van der Waals surface area contributed by atoms with E-state index in [1.54, 1.807) is 0 Å². The third kappa shape index (κ3) is 3.64. The van der Waals surface area contributed by atoms with Crippen molar-refractivity contribution in [1.29, 1.82) is 0 Å². The molecule has 2 nitrogen and oxygen atoms in total. The summed E-state index contributed by atoms with van der Waals surface area (Å²) in [7, 11) is 6.24. The van der Waals surface area contributed by atoms with E-state index in [1.165, 1.54) is 16.7 Å². The summed E-state index contributed by atoms with van der Waals surface area (Å²) in [5.41, 5.74) is 4.70. The maximum absolute atomic E-state index is 12.8. The Bertz CT molecular complexity index is 466. The molecule has 0 N–H and O–H groups in total. The van der Waals surface area contributed by atoms with Crippen LogP contribution in [-0.2, 0) is 13.2 Å². The second kappa shape index (κ2) is 6.31. The fourth-order valence-corrected chi connectivity index (χ4v) is 2.53. The molecule has 0 saturated carbocycles. The van der Waals surface area contributed by atoms with Gasteiger partial charge in [-0.2, -0.15) is 0 Å². The highest BCUT2D eigenvalue weighted by Gasteiger charge is 2.13. The molecule has 3 heteroatoms. The Labute approximate surface area is 115 Å². The highest BCUT2D eigenvalue weighted by atomic mass is 19.1. The van der Waals surface area contributed by atoms with Gasteiger partial charge in [0.2, 0.25) is 0 Å². The van der Waals surface area contributed by atoms with Gasteiger partial charge in [0.15, 0.2) is 0 Å². The molecule has 0 radical (unpaired) electrons. The van der Waals surface area contributed by atoms with Gasteiger partial charge in [-0.15, -0.1) is 0 Å². The van der Waals surface area contributed by atoms with E-state index >= 15 is 0 Å². The van der Waals surface area contributed by atoms with E-state index in [9.17, 15) is 4.39 Å². The van der Waals surface area contributed by atoms with Gasteiger partial charge in [-0.3, -0.25) is 0 Å². The summed E-state index contributed by atoms with van der Waals surface area (Å²) in [6.07, 6.45) is 3.37. The highest BCUT2D eigenvalue weighted by Crippen LogP contribution is 2.27. The number of likely N-dealkylation sites (N-methyl/N-ethyl adjacent to an activating group) is 1. The van der Waals surface area contributed by atoms with Crippen molar-refractivity contribution in [3.05, 3.63) is 41.0 Å². The van der Waals surface area contributed by atoms with Crippen LogP contribution in [0.1, 0.15) is 23.1 Å². The normalized spacial score (nSPS) is 16.8. The molecular formula is C16H23FN2. The molecule has 1 heterocycles. The minimum Gasteiger partial charge on any atom is -0.305 e. The van der Waals surface area contributed by atoms with E-state index < -0.39 is 0 Å². The van der Waals surface area contributed by atoms with Gasteiger partial charge < -0.3 is 9.80 Å². The first kappa shape index (κ1) is 14.2. The smallest absolute Gasteiger partial charge is 0.115 e. The molecule has 0 aliphatic carbocycles. The number of benzene rings is 1. The first-order valence-corrected chi connectivity index (χ1v) is 6.80. The van der Waals surface area contributed by atoms with Crippen molar-refractivity contribution in [1.82, 2.24) is 9.80 Å². The Balaban J connectivity index is 2.33. The van der Waals surface area contributed by atoms with E-state index in [0.29, 0.717) is 0 Å². The average Bonchev–Trinajstić information content (AvgIpc) is 2.39. The van der Waals surface area contributed by atoms with Crippen LogP contribution in [0.15, 0.2) is 24.3 Å². The van der Waals surface area contributed by atoms with Crippen LogP contribution in [0.4, 0.5) is 4.39 Å². The van der Waals surface area contributed by atoms with E-state index in [-0.39, 0.29) is 6.67 Å². The number of hydrogen-bond acceptors (Lipinski definition) is 2. The monoisotopic (exact) mass is 262 g/mol. The average molecular weight is 262 g/mol. The summed E-state index contributed by atoms with van der Waals surface area (Å²) in [5.74, 6) is 0. The molecule has 1 aromatic carbocycles. The largest absolute Gasteiger partial charge is 0.305 e. The van der Waals surface area contributed by atoms with Crippen LogP contribution in [0.2, 0.25) is 0 Å². The molecule has 0 atom stereocenters. The van der Waals surface area contributed by atoms with Gasteiger partial charge >= 0.3 is 0 Å². The zero-order chi connectivity index (χ0) is 13.8. The predicted molar refractivity (Wildman–Crippen MR) is 78.7 cm³/mol. The van der Waals surface area contributed by atoms with E-state index in [1.807, 2.05) is 12.1 Å². The lowest BCUT2D eigenvalue weighted by molar-refractivity contribution is 0.369. The van der Waals surface area contributed by atoms with Gasteiger partial charge in [0.05, 0.1) is 0 Å². The van der Waals surface area contributed by atoms with Gasteiger partial charge in [-0.1, -0.05) is 24.3 Å². The summed E-state index contributed by atoms with van der Waals surface area (Å²) >= 11 is 0. The molecule has 1 aromatic rings. The second-order valence-corrected chi connectivity index (χ2v) is 5.60. The molecule has 0 saturated heterocycles. The molecule has 104 valence electrons. The summed E-state index contributed by atoms with van der Waals surface area (Å²) < 4.78 is 12.8. The quantitative estimate of drug-likeness (QED) is 0.823. The van der Waals surface area contributed by atoms with Crippen LogP contribution in [0.25, 0.3) is 5.57 Å². The van der Waals surface area contributed by atoms with Crippen molar-refractivity contribution in [2.45, 2.75) is 19.6 Å². The van der Waals surface area contributed by atoms with Gasteiger partial charge in [0.1, 0.15) is 6.67 Å². The Hall–Kier alpha value is -1.19. The van der Waals surface area contributed by atoms with Gasteiger partial charge in [-0.05, 0) is 49.8 Å². The number of hydrogen-bond donors (Lipinski definition) is 0. The Kier molecular flexibility index (Phi) is 4.72. The SMILES string of the molecule is CN(C)Cc1cc(CF)ccc1C1=CCN(C)CC1. The minimum atomic E-state index is -0.386. The molecule has 1 aliphatic heterocycles. The Morgan fingerprint density at radius 1 is 1.32 bits per heavy atom. The number of halogens is 1. The minimum absolute atomic E-state index is 0.386. The topological polar surface area (TPSA) is 6.48 Å². The highest BCUT2D eigenvalue weighted by molar-refractivity contribution is 5.69. The fraction of sp³-hybridized carbons (Fsp3) is 0.500. The summed E-state index contributed by atoms with van der Waals surface area (Å²) in [5, 5.41) is 0. The second-order valence-electron chi connectivity index (χ2n) is 5.60. The van der Waals surface area contributed by atoms with E-state index in [0.717, 1.165) is 31.6 Å². The lowest BCUT2D eigenvalue weighted by atomic mass is 9.93. The summed E-state index contributed by atoms with van der Waals surface area (Å²) in [6.45, 7) is 2.57. The molecule has 0 bridgehead atoms. The first-order valence-electron chi connectivity index (χ1n) is 6.80. The third-order valence-electron chi connectivity index (χ3n) is 3.57. The standard InChI is InChI=1S/C16H23FN2/c1-18(2)12-15-10-13(11-17)4-5-16(15)14-6-8-19(3)9-7-14/h4-6,10H,7-9,11-12H2,1-3H3. The molecule has 2 rings (SSSR count). The Morgan fingerprint density at radius 3 is 2.68 bits per heavy atom. The van der Waals surface area contributed by atoms with Crippen molar-refractivity contribution in [2.75, 3.05) is 34.2 Å². The van der Waals surface area contributed by atoms with Crippen molar-refractivity contribution in [3.8, 4) is 0 Å². The van der Waals surface area contributed by atoms with Gasteiger partial charge in [0.25, 0.3) is 0 Å². The van der Waals surface area contributed by atoms with Crippen molar-refractivity contribution < 1.29 is 4.39 Å². The number of rotatable bonds is 4. The van der Waals surface area contributed by atoms with E-state index in [4.69, 9.17) is 0 Å². The number of nitrogens with zero attached hydrogens (tertiary/aromatic N) is 2. The molecule has 19 heavy (non-hydrogen) atoms. The maximum atomic E-state index is 12.8. The number of alkyl halides is 1. The summed E-state index contributed by atoms with van der Waals surface area (Å²) in [6, 6.07) is 6.01. The van der Waals surface area contributed by atoms with Crippen molar-refractivity contribution in [3.63, 3.8) is 0 Å². The lowest BCUT2D eigenvalue weighted by Gasteiger charge is -2.24. The molecule has 0 spiro atoms. The zero-order valence-electron chi connectivity index (χ0n) is 12.1. The molecule has 1 aliphatic rings. The lowest BCUT2D eigenvalue weighted by Crippen LogP contribution is -2.24.